The molecule has 0 aromatic heterocycles. The number of benzene rings is 2. The Hall–Kier alpha value is -2.53. The number of anilines is 3. The molecule has 0 bridgehead atoms. The number of halogens is 1. The van der Waals surface area contributed by atoms with Crippen molar-refractivity contribution in [2.24, 2.45) is 11.8 Å². The Kier molecular flexibility index (Phi) is 5.03. The van der Waals surface area contributed by atoms with Crippen molar-refractivity contribution < 1.29 is 9.59 Å². The van der Waals surface area contributed by atoms with Gasteiger partial charge in [-0.1, -0.05) is 23.7 Å². The summed E-state index contributed by atoms with van der Waals surface area (Å²) in [5, 5.41) is 6.21. The maximum Gasteiger partial charge on any atom is 0.228 e. The zero-order valence-electron chi connectivity index (χ0n) is 15.0. The quantitative estimate of drug-likeness (QED) is 0.815. The Morgan fingerprint density at radius 1 is 0.889 bits per heavy atom. The van der Waals surface area contributed by atoms with Crippen molar-refractivity contribution in [3.8, 4) is 0 Å². The number of hydrogen-bond donors (Lipinski definition) is 2. The fourth-order valence-electron chi connectivity index (χ4n) is 3.53. The van der Waals surface area contributed by atoms with Gasteiger partial charge in [0.05, 0.1) is 22.5 Å². The normalized spacial score (nSPS) is 21.0. The van der Waals surface area contributed by atoms with E-state index in [1.807, 2.05) is 30.3 Å². The molecule has 1 saturated heterocycles. The molecule has 0 spiro atoms. The summed E-state index contributed by atoms with van der Waals surface area (Å²) >= 11 is 6.06. The van der Waals surface area contributed by atoms with E-state index in [0.29, 0.717) is 17.1 Å². The van der Waals surface area contributed by atoms with Crippen molar-refractivity contribution in [1.29, 1.82) is 0 Å². The van der Waals surface area contributed by atoms with Crippen LogP contribution in [0.5, 0.6) is 0 Å². The van der Waals surface area contributed by atoms with Crippen LogP contribution in [-0.4, -0.2) is 24.9 Å². The summed E-state index contributed by atoms with van der Waals surface area (Å²) in [6.07, 6.45) is 3.03. The second-order valence-electron chi connectivity index (χ2n) is 7.15. The molecule has 1 heterocycles. The number of carbonyl (C=O) groups is 2. The minimum Gasteiger partial charge on any atom is -0.372 e. The molecule has 6 heteroatoms. The zero-order chi connectivity index (χ0) is 18.8. The first-order chi connectivity index (χ1) is 13.1. The van der Waals surface area contributed by atoms with Gasteiger partial charge in [0.25, 0.3) is 0 Å². The Morgan fingerprint density at radius 2 is 1.52 bits per heavy atom. The smallest absolute Gasteiger partial charge is 0.228 e. The first-order valence-corrected chi connectivity index (χ1v) is 9.71. The van der Waals surface area contributed by atoms with Crippen LogP contribution in [0.2, 0.25) is 5.02 Å². The van der Waals surface area contributed by atoms with Gasteiger partial charge in [0.15, 0.2) is 0 Å². The fraction of sp³-hybridized carbons (Fsp3) is 0.333. The summed E-state index contributed by atoms with van der Waals surface area (Å²) in [5.74, 6) is -0.855. The summed E-state index contributed by atoms with van der Waals surface area (Å²) in [6.45, 7) is 2.19. The summed E-state index contributed by atoms with van der Waals surface area (Å²) < 4.78 is 0. The van der Waals surface area contributed by atoms with E-state index in [-0.39, 0.29) is 23.7 Å². The molecule has 1 aliphatic carbocycles. The molecule has 4 rings (SSSR count). The lowest BCUT2D eigenvalue weighted by molar-refractivity contribution is -0.122. The molecule has 2 aliphatic rings. The van der Waals surface area contributed by atoms with Crippen LogP contribution in [0.15, 0.2) is 48.5 Å². The van der Waals surface area contributed by atoms with Gasteiger partial charge in [0, 0.05) is 24.5 Å². The van der Waals surface area contributed by atoms with Gasteiger partial charge in [-0.05, 0) is 55.7 Å². The Balaban J connectivity index is 1.30. The topological polar surface area (TPSA) is 61.4 Å². The Morgan fingerprint density at radius 3 is 2.19 bits per heavy atom. The van der Waals surface area contributed by atoms with Gasteiger partial charge >= 0.3 is 0 Å². The van der Waals surface area contributed by atoms with Crippen LogP contribution in [0.1, 0.15) is 19.3 Å². The number of nitrogens with one attached hydrogen (secondary N) is 2. The highest BCUT2D eigenvalue weighted by atomic mass is 35.5. The molecule has 140 valence electrons. The van der Waals surface area contributed by atoms with E-state index >= 15 is 0 Å². The van der Waals surface area contributed by atoms with Crippen molar-refractivity contribution in [2.45, 2.75) is 19.3 Å². The van der Waals surface area contributed by atoms with E-state index in [4.69, 9.17) is 11.6 Å². The summed E-state index contributed by atoms with van der Waals surface area (Å²) in [7, 11) is 0. The predicted molar refractivity (Wildman–Crippen MR) is 108 cm³/mol. The number of hydrogen-bond acceptors (Lipinski definition) is 3. The van der Waals surface area contributed by atoms with E-state index in [9.17, 15) is 9.59 Å². The van der Waals surface area contributed by atoms with Crippen molar-refractivity contribution in [3.63, 3.8) is 0 Å². The molecule has 2 amide bonds. The second kappa shape index (κ2) is 7.61. The van der Waals surface area contributed by atoms with Gasteiger partial charge in [-0.2, -0.15) is 0 Å². The van der Waals surface area contributed by atoms with Gasteiger partial charge in [0.2, 0.25) is 11.8 Å². The summed E-state index contributed by atoms with van der Waals surface area (Å²) in [4.78, 5) is 27.1. The molecule has 2 unspecified atom stereocenters. The average Bonchev–Trinajstić information content (AvgIpc) is 3.30. The van der Waals surface area contributed by atoms with Crippen LogP contribution in [0.3, 0.4) is 0 Å². The molecule has 1 aliphatic heterocycles. The maximum atomic E-state index is 12.4. The molecule has 27 heavy (non-hydrogen) atoms. The van der Waals surface area contributed by atoms with E-state index in [0.717, 1.165) is 18.8 Å². The van der Waals surface area contributed by atoms with Crippen LogP contribution in [0, 0.1) is 11.8 Å². The highest BCUT2D eigenvalue weighted by Gasteiger charge is 2.48. The van der Waals surface area contributed by atoms with Gasteiger partial charge in [-0.25, -0.2) is 0 Å². The number of carbonyl (C=O) groups excluding carboxylic acids is 2. The van der Waals surface area contributed by atoms with Crippen molar-refractivity contribution in [1.82, 2.24) is 0 Å². The van der Waals surface area contributed by atoms with Gasteiger partial charge in [-0.15, -0.1) is 0 Å². The third kappa shape index (κ3) is 4.08. The number of nitrogens with zero attached hydrogens (tertiary/aromatic N) is 1. The Bertz CT molecular complexity index is 847. The molecule has 0 radical (unpaired) electrons. The molecular formula is C21H22ClN3O2. The van der Waals surface area contributed by atoms with Crippen LogP contribution in [0.25, 0.3) is 0 Å². The zero-order valence-corrected chi connectivity index (χ0v) is 15.7. The Labute approximate surface area is 163 Å². The summed E-state index contributed by atoms with van der Waals surface area (Å²) in [5.41, 5.74) is 2.53. The monoisotopic (exact) mass is 383 g/mol. The largest absolute Gasteiger partial charge is 0.372 e. The van der Waals surface area contributed by atoms with E-state index in [1.165, 1.54) is 18.5 Å². The van der Waals surface area contributed by atoms with Crippen LogP contribution in [0.4, 0.5) is 17.1 Å². The molecule has 2 fully saturated rings. The first kappa shape index (κ1) is 17.9. The third-order valence-corrected chi connectivity index (χ3v) is 5.53. The highest BCUT2D eigenvalue weighted by Crippen LogP contribution is 2.40. The SMILES string of the molecule is O=C(Nc1ccc(N2CCCC2)cc1)C1CC1C(=O)Nc1ccccc1Cl. The highest BCUT2D eigenvalue weighted by molar-refractivity contribution is 6.33. The van der Waals surface area contributed by atoms with Gasteiger partial charge in [-0.3, -0.25) is 9.59 Å². The van der Waals surface area contributed by atoms with Gasteiger partial charge < -0.3 is 15.5 Å². The van der Waals surface area contributed by atoms with E-state index < -0.39 is 0 Å². The lowest BCUT2D eigenvalue weighted by Gasteiger charge is -2.17. The fourth-order valence-corrected chi connectivity index (χ4v) is 3.71. The van der Waals surface area contributed by atoms with Crippen molar-refractivity contribution in [3.05, 3.63) is 53.6 Å². The average molecular weight is 384 g/mol. The van der Waals surface area contributed by atoms with E-state index in [1.54, 1.807) is 18.2 Å². The number of para-hydroxylation sites is 1. The van der Waals surface area contributed by atoms with Crippen LogP contribution >= 0.6 is 11.6 Å². The van der Waals surface area contributed by atoms with Gasteiger partial charge in [0.1, 0.15) is 0 Å². The molecule has 1 saturated carbocycles. The van der Waals surface area contributed by atoms with Crippen molar-refractivity contribution >= 4 is 40.5 Å². The third-order valence-electron chi connectivity index (χ3n) is 5.20. The maximum absolute atomic E-state index is 12.4. The van der Waals surface area contributed by atoms with E-state index in [2.05, 4.69) is 15.5 Å². The van der Waals surface area contributed by atoms with Crippen LogP contribution < -0.4 is 15.5 Å². The second-order valence-corrected chi connectivity index (χ2v) is 7.56. The minimum absolute atomic E-state index is 0.108. The number of amides is 2. The molecule has 2 N–H and O–H groups in total. The molecule has 2 aromatic rings. The van der Waals surface area contributed by atoms with Crippen molar-refractivity contribution in [2.75, 3.05) is 28.6 Å². The lowest BCUT2D eigenvalue weighted by Crippen LogP contribution is -2.21. The standard InChI is InChI=1S/C21H22ClN3O2/c22-18-5-1-2-6-19(18)24-21(27)17-13-16(17)20(26)23-14-7-9-15(10-8-14)25-11-3-4-12-25/h1-2,5-10,16-17H,3-4,11-13H2,(H,23,26)(H,24,27). The summed E-state index contributed by atoms with van der Waals surface area (Å²) in [6, 6.07) is 15.0. The lowest BCUT2D eigenvalue weighted by atomic mass is 10.2. The first-order valence-electron chi connectivity index (χ1n) is 9.33. The molecule has 2 atom stereocenters. The number of rotatable bonds is 5. The molecule has 5 nitrogen and oxygen atoms in total. The molecule has 2 aromatic carbocycles. The predicted octanol–water partition coefficient (Wildman–Crippen LogP) is 4.15. The van der Waals surface area contributed by atoms with Crippen LogP contribution in [-0.2, 0) is 9.59 Å². The molecular weight excluding hydrogens is 362 g/mol. The minimum atomic E-state index is -0.301.